The zero-order valence-corrected chi connectivity index (χ0v) is 14.1. The molecule has 7 heteroatoms. The van der Waals surface area contributed by atoms with Gasteiger partial charge in [-0.3, -0.25) is 4.79 Å². The van der Waals surface area contributed by atoms with Gasteiger partial charge in [0, 0.05) is 18.7 Å². The number of halogens is 3. The van der Waals surface area contributed by atoms with Crippen molar-refractivity contribution >= 4 is 5.78 Å². The van der Waals surface area contributed by atoms with Crippen LogP contribution < -0.4 is 10.6 Å². The van der Waals surface area contributed by atoms with Crippen LogP contribution >= 0.6 is 0 Å². The number of Topliss-reactive ketones (excluding diaryl/α,β-unsaturated/α-hetero) is 1. The minimum absolute atomic E-state index is 0.0000718. The van der Waals surface area contributed by atoms with Gasteiger partial charge in [-0.05, 0) is 44.3 Å². The van der Waals surface area contributed by atoms with Gasteiger partial charge < -0.3 is 15.7 Å². The van der Waals surface area contributed by atoms with E-state index in [9.17, 15) is 23.1 Å². The van der Waals surface area contributed by atoms with E-state index in [1.54, 1.807) is 20.2 Å². The topological polar surface area (TPSA) is 61.4 Å². The van der Waals surface area contributed by atoms with Crippen LogP contribution in [0.5, 0.6) is 0 Å². The molecule has 136 valence electrons. The number of carbonyl (C=O) groups is 1. The van der Waals surface area contributed by atoms with Crippen molar-refractivity contribution in [3.8, 4) is 0 Å². The highest BCUT2D eigenvalue weighted by Gasteiger charge is 2.40. The van der Waals surface area contributed by atoms with Crippen LogP contribution in [0.15, 0.2) is 47.7 Å². The molecule has 0 radical (unpaired) electrons. The van der Waals surface area contributed by atoms with Gasteiger partial charge in [-0.1, -0.05) is 18.2 Å². The molecule has 4 nitrogen and oxygen atoms in total. The number of alkyl halides is 3. The summed E-state index contributed by atoms with van der Waals surface area (Å²) in [6.07, 6.45) is -1.27. The summed E-state index contributed by atoms with van der Waals surface area (Å²) < 4.78 is 38.8. The average Bonchev–Trinajstić information content (AvgIpc) is 2.57. The molecule has 1 aliphatic rings. The molecule has 0 spiro atoms. The van der Waals surface area contributed by atoms with Crippen LogP contribution in [-0.2, 0) is 6.18 Å². The zero-order chi connectivity index (χ0) is 18.7. The molecule has 0 heterocycles. The molecule has 0 amide bonds. The van der Waals surface area contributed by atoms with Gasteiger partial charge in [-0.2, -0.15) is 13.2 Å². The molecule has 0 aromatic heterocycles. The van der Waals surface area contributed by atoms with E-state index in [-0.39, 0.29) is 24.3 Å². The number of hydrogen-bond acceptors (Lipinski definition) is 4. The smallest absolute Gasteiger partial charge is 0.416 e. The maximum atomic E-state index is 13.1. The van der Waals surface area contributed by atoms with Crippen LogP contribution in [0, 0.1) is 5.41 Å². The van der Waals surface area contributed by atoms with Gasteiger partial charge in [-0.15, -0.1) is 0 Å². The largest absolute Gasteiger partial charge is 0.508 e. The molecule has 1 unspecified atom stereocenters. The summed E-state index contributed by atoms with van der Waals surface area (Å²) in [7, 11) is 3.39. The lowest BCUT2D eigenvalue weighted by Gasteiger charge is -2.33. The second-order valence-corrected chi connectivity index (χ2v) is 6.12. The Balaban J connectivity index is 2.42. The Hall–Kier alpha value is -2.12. The summed E-state index contributed by atoms with van der Waals surface area (Å²) in [5.74, 6) is -0.330. The zero-order valence-electron chi connectivity index (χ0n) is 14.1. The Morgan fingerprint density at radius 1 is 1.28 bits per heavy atom. The number of nitrogens with one attached hydrogen (secondary N) is 2. The minimum atomic E-state index is -4.51. The van der Waals surface area contributed by atoms with E-state index in [4.69, 9.17) is 0 Å². The standard InChI is InChI=1S/C18H21F3N2O2/c1-22-10-13-9-17(11-23-2,7-6-15(13)24)16(25)12-4-3-5-14(8-12)18(19,20)21/h3-8,22-24H,9-11H2,1-2H3. The minimum Gasteiger partial charge on any atom is -0.508 e. The van der Waals surface area contributed by atoms with Gasteiger partial charge in [-0.25, -0.2) is 0 Å². The number of likely N-dealkylation sites (N-methyl/N-ethyl adjacent to an activating group) is 1. The Morgan fingerprint density at radius 3 is 2.60 bits per heavy atom. The van der Waals surface area contributed by atoms with E-state index in [1.807, 2.05) is 0 Å². The number of aliphatic hydroxyl groups excluding tert-OH is 1. The van der Waals surface area contributed by atoms with E-state index >= 15 is 0 Å². The first-order valence-corrected chi connectivity index (χ1v) is 7.85. The SMILES string of the molecule is CNCC1=C(O)C=CC(CNC)(C(=O)c2cccc(C(F)(F)F)c2)C1. The average molecular weight is 354 g/mol. The van der Waals surface area contributed by atoms with Crippen LogP contribution in [0.2, 0.25) is 0 Å². The second kappa shape index (κ2) is 7.41. The van der Waals surface area contributed by atoms with Gasteiger partial charge >= 0.3 is 6.18 Å². The normalized spacial score (nSPS) is 20.8. The summed E-state index contributed by atoms with van der Waals surface area (Å²) in [4.78, 5) is 13.1. The molecular weight excluding hydrogens is 333 g/mol. The first-order chi connectivity index (χ1) is 11.7. The van der Waals surface area contributed by atoms with Gasteiger partial charge in [0.2, 0.25) is 0 Å². The van der Waals surface area contributed by atoms with Crippen LogP contribution in [0.1, 0.15) is 22.3 Å². The Labute approximate surface area is 144 Å². The summed E-state index contributed by atoms with van der Waals surface area (Å²) >= 11 is 0. The van der Waals surface area contributed by atoms with Crippen molar-refractivity contribution in [2.75, 3.05) is 27.2 Å². The predicted molar refractivity (Wildman–Crippen MR) is 89.5 cm³/mol. The number of allylic oxidation sites excluding steroid dienone is 1. The lowest BCUT2D eigenvalue weighted by molar-refractivity contribution is -0.137. The van der Waals surface area contributed by atoms with Crippen LogP contribution in [0.25, 0.3) is 0 Å². The highest BCUT2D eigenvalue weighted by atomic mass is 19.4. The third-order valence-electron chi connectivity index (χ3n) is 4.24. The summed E-state index contributed by atoms with van der Waals surface area (Å²) in [6, 6.07) is 4.44. The molecule has 1 atom stereocenters. The van der Waals surface area contributed by atoms with E-state index in [0.29, 0.717) is 12.1 Å². The Bertz CT molecular complexity index is 711. The molecule has 1 aromatic rings. The highest BCUT2D eigenvalue weighted by Crippen LogP contribution is 2.37. The molecular formula is C18H21F3N2O2. The van der Waals surface area contributed by atoms with E-state index in [2.05, 4.69) is 10.6 Å². The summed E-state index contributed by atoms with van der Waals surface area (Å²) in [6.45, 7) is 0.635. The van der Waals surface area contributed by atoms with Gasteiger partial charge in [0.25, 0.3) is 0 Å². The molecule has 0 saturated carbocycles. The lowest BCUT2D eigenvalue weighted by Crippen LogP contribution is -2.41. The molecule has 3 N–H and O–H groups in total. The highest BCUT2D eigenvalue weighted by molar-refractivity contribution is 6.02. The van der Waals surface area contributed by atoms with Crippen molar-refractivity contribution in [3.63, 3.8) is 0 Å². The molecule has 0 saturated heterocycles. The molecule has 1 aromatic carbocycles. The number of ketones is 1. The number of hydrogen-bond donors (Lipinski definition) is 3. The maximum absolute atomic E-state index is 13.1. The predicted octanol–water partition coefficient (Wildman–Crippen LogP) is 3.09. The number of benzene rings is 1. The Morgan fingerprint density at radius 2 is 2.00 bits per heavy atom. The number of carbonyl (C=O) groups excluding carboxylic acids is 1. The monoisotopic (exact) mass is 354 g/mol. The lowest BCUT2D eigenvalue weighted by atomic mass is 9.72. The molecule has 0 bridgehead atoms. The third kappa shape index (κ3) is 4.11. The van der Waals surface area contributed by atoms with E-state index in [0.717, 1.165) is 12.1 Å². The molecule has 1 aliphatic carbocycles. The van der Waals surface area contributed by atoms with E-state index in [1.165, 1.54) is 18.2 Å². The van der Waals surface area contributed by atoms with Crippen molar-refractivity contribution in [1.29, 1.82) is 0 Å². The van der Waals surface area contributed by atoms with Crippen LogP contribution in [0.4, 0.5) is 13.2 Å². The maximum Gasteiger partial charge on any atom is 0.416 e. The second-order valence-electron chi connectivity index (χ2n) is 6.12. The molecule has 0 fully saturated rings. The van der Waals surface area contributed by atoms with Crippen molar-refractivity contribution in [1.82, 2.24) is 10.6 Å². The van der Waals surface area contributed by atoms with Gasteiger partial charge in [0.05, 0.1) is 11.0 Å². The number of aliphatic hydroxyl groups is 1. The van der Waals surface area contributed by atoms with Crippen molar-refractivity contribution in [2.45, 2.75) is 12.6 Å². The molecule has 0 aliphatic heterocycles. The first kappa shape index (κ1) is 19.2. The van der Waals surface area contributed by atoms with Crippen molar-refractivity contribution < 1.29 is 23.1 Å². The Kier molecular flexibility index (Phi) is 5.69. The molecule has 2 rings (SSSR count). The quantitative estimate of drug-likeness (QED) is 0.687. The van der Waals surface area contributed by atoms with Crippen molar-refractivity contribution in [2.24, 2.45) is 5.41 Å². The van der Waals surface area contributed by atoms with Gasteiger partial charge in [0.1, 0.15) is 5.76 Å². The first-order valence-electron chi connectivity index (χ1n) is 7.85. The number of rotatable bonds is 6. The fourth-order valence-electron chi connectivity index (χ4n) is 3.05. The van der Waals surface area contributed by atoms with Crippen molar-refractivity contribution in [3.05, 3.63) is 58.9 Å². The van der Waals surface area contributed by atoms with Gasteiger partial charge in [0.15, 0.2) is 5.78 Å². The summed E-state index contributed by atoms with van der Waals surface area (Å²) in [5, 5.41) is 15.8. The van der Waals surface area contributed by atoms with Crippen LogP contribution in [0.3, 0.4) is 0 Å². The third-order valence-corrected chi connectivity index (χ3v) is 4.24. The fraction of sp³-hybridized carbons (Fsp3) is 0.389. The van der Waals surface area contributed by atoms with E-state index < -0.39 is 22.9 Å². The summed E-state index contributed by atoms with van der Waals surface area (Å²) in [5.41, 5.74) is -1.26. The molecule has 25 heavy (non-hydrogen) atoms. The van der Waals surface area contributed by atoms with Crippen LogP contribution in [-0.4, -0.2) is 38.1 Å². The fourth-order valence-corrected chi connectivity index (χ4v) is 3.05.